The summed E-state index contributed by atoms with van der Waals surface area (Å²) in [6.45, 7) is 2.84. The second kappa shape index (κ2) is 7.87. The van der Waals surface area contributed by atoms with E-state index in [4.69, 9.17) is 28.3 Å². The molecule has 0 rings (SSSR count). The summed E-state index contributed by atoms with van der Waals surface area (Å²) >= 11 is 11.0. The number of nitrogens with one attached hydrogen (secondary N) is 1. The monoisotopic (exact) mass is 211 g/mol. The molecule has 0 aromatic carbocycles. The summed E-state index contributed by atoms with van der Waals surface area (Å²) < 4.78 is 0. The average molecular weight is 212 g/mol. The summed E-state index contributed by atoms with van der Waals surface area (Å²) in [6, 6.07) is 0.320. The largest absolute Gasteiger partial charge is 0.396 e. The second-order valence-corrected chi connectivity index (χ2v) is 3.26. The van der Waals surface area contributed by atoms with Crippen molar-refractivity contribution in [1.29, 1.82) is 0 Å². The van der Waals surface area contributed by atoms with Crippen LogP contribution in [0.4, 0.5) is 0 Å². The van der Waals surface area contributed by atoms with E-state index >= 15 is 0 Å². The predicted molar refractivity (Wildman–Crippen MR) is 53.6 cm³/mol. The number of aliphatic hydroxyl groups is 1. The fraction of sp³-hybridized carbons (Fsp3) is 0.750. The van der Waals surface area contributed by atoms with Crippen LogP contribution in [-0.4, -0.2) is 24.3 Å². The molecule has 0 fully saturated rings. The molecule has 12 heavy (non-hydrogen) atoms. The van der Waals surface area contributed by atoms with Crippen LogP contribution in [0, 0.1) is 0 Å². The highest BCUT2D eigenvalue weighted by molar-refractivity contribution is 6.36. The van der Waals surface area contributed by atoms with Gasteiger partial charge in [-0.2, -0.15) is 0 Å². The van der Waals surface area contributed by atoms with Gasteiger partial charge in [-0.25, -0.2) is 0 Å². The van der Waals surface area contributed by atoms with Crippen molar-refractivity contribution in [2.24, 2.45) is 0 Å². The zero-order chi connectivity index (χ0) is 9.40. The first-order valence-corrected chi connectivity index (χ1v) is 4.85. The zero-order valence-electron chi connectivity index (χ0n) is 7.19. The van der Waals surface area contributed by atoms with Crippen molar-refractivity contribution in [1.82, 2.24) is 5.32 Å². The minimum absolute atomic E-state index is 0.202. The molecule has 0 aliphatic carbocycles. The molecule has 0 saturated carbocycles. The topological polar surface area (TPSA) is 32.3 Å². The van der Waals surface area contributed by atoms with E-state index in [1.54, 1.807) is 0 Å². The van der Waals surface area contributed by atoms with Gasteiger partial charge in [0.15, 0.2) is 0 Å². The second-order valence-electron chi connectivity index (χ2n) is 2.55. The number of aliphatic hydroxyl groups excluding tert-OH is 1. The Hall–Kier alpha value is 0.240. The lowest BCUT2D eigenvalue weighted by Crippen LogP contribution is -2.30. The number of rotatable bonds is 6. The molecule has 0 amide bonds. The van der Waals surface area contributed by atoms with Gasteiger partial charge in [-0.1, -0.05) is 30.1 Å². The minimum Gasteiger partial charge on any atom is -0.396 e. The van der Waals surface area contributed by atoms with E-state index in [1.807, 2.05) is 0 Å². The Morgan fingerprint density at radius 1 is 1.67 bits per heavy atom. The van der Waals surface area contributed by atoms with Crippen molar-refractivity contribution >= 4 is 23.2 Å². The summed E-state index contributed by atoms with van der Waals surface area (Å²) in [6.07, 6.45) is 1.73. The number of halogens is 2. The molecule has 0 spiro atoms. The van der Waals surface area contributed by atoms with Crippen molar-refractivity contribution < 1.29 is 5.11 Å². The third-order valence-electron chi connectivity index (χ3n) is 1.65. The summed E-state index contributed by atoms with van der Waals surface area (Å²) in [5.74, 6) is 0. The summed E-state index contributed by atoms with van der Waals surface area (Å²) in [4.78, 5) is 0. The molecule has 0 radical (unpaired) electrons. The molecule has 1 atom stereocenters. The maximum atomic E-state index is 8.68. The van der Waals surface area contributed by atoms with Crippen LogP contribution in [0.5, 0.6) is 0 Å². The molecule has 0 aliphatic heterocycles. The van der Waals surface area contributed by atoms with Gasteiger partial charge >= 0.3 is 0 Å². The van der Waals surface area contributed by atoms with Gasteiger partial charge < -0.3 is 10.4 Å². The van der Waals surface area contributed by atoms with E-state index in [0.29, 0.717) is 17.6 Å². The maximum Gasteiger partial charge on any atom is 0.0445 e. The summed E-state index contributed by atoms with van der Waals surface area (Å²) in [5, 5.41) is 12.4. The van der Waals surface area contributed by atoms with Crippen molar-refractivity contribution in [3.63, 3.8) is 0 Å². The maximum absolute atomic E-state index is 8.68. The smallest absolute Gasteiger partial charge is 0.0445 e. The normalized spacial score (nSPS) is 14.8. The molecule has 2 N–H and O–H groups in total. The molecule has 72 valence electrons. The predicted octanol–water partition coefficient (Wildman–Crippen LogP) is 2.06. The van der Waals surface area contributed by atoms with Gasteiger partial charge in [0.25, 0.3) is 0 Å². The molecule has 1 unspecified atom stereocenters. The van der Waals surface area contributed by atoms with Gasteiger partial charge in [-0.05, 0) is 12.8 Å². The lowest BCUT2D eigenvalue weighted by molar-refractivity contribution is 0.264. The molecule has 2 nitrogen and oxygen atoms in total. The molecule has 0 saturated heterocycles. The van der Waals surface area contributed by atoms with Crippen molar-refractivity contribution in [2.75, 3.05) is 13.2 Å². The minimum atomic E-state index is 0.202. The van der Waals surface area contributed by atoms with Crippen molar-refractivity contribution in [3.05, 3.63) is 10.6 Å². The first-order chi connectivity index (χ1) is 5.74. The van der Waals surface area contributed by atoms with Crippen LogP contribution < -0.4 is 5.32 Å². The highest BCUT2D eigenvalue weighted by Gasteiger charge is 2.03. The van der Waals surface area contributed by atoms with E-state index in [1.165, 1.54) is 5.54 Å². The fourth-order valence-corrected chi connectivity index (χ4v) is 1.04. The quantitative estimate of drug-likeness (QED) is 0.706. The standard InChI is InChI=1S/C8H15Cl2NO/c1-2-8(3-4-12)11-6-7(10)5-9/h5,8,11-12H,2-4,6H2,1H3. The molecular formula is C8H15Cl2NO. The van der Waals surface area contributed by atoms with E-state index in [9.17, 15) is 0 Å². The third kappa shape index (κ3) is 5.84. The van der Waals surface area contributed by atoms with Gasteiger partial charge in [-0.3, -0.25) is 0 Å². The highest BCUT2D eigenvalue weighted by Crippen LogP contribution is 2.03. The van der Waals surface area contributed by atoms with Gasteiger partial charge in [-0.15, -0.1) is 0 Å². The molecule has 0 bridgehead atoms. The fourth-order valence-electron chi connectivity index (χ4n) is 0.887. The molecule has 0 heterocycles. The van der Waals surface area contributed by atoms with E-state index in [0.717, 1.165) is 12.8 Å². The zero-order valence-corrected chi connectivity index (χ0v) is 8.70. The Balaban J connectivity index is 3.57. The van der Waals surface area contributed by atoms with E-state index < -0.39 is 0 Å². The molecule has 0 aromatic rings. The highest BCUT2D eigenvalue weighted by atomic mass is 35.5. The van der Waals surface area contributed by atoms with Gasteiger partial charge in [0.1, 0.15) is 0 Å². The van der Waals surface area contributed by atoms with Gasteiger partial charge in [0.2, 0.25) is 0 Å². The van der Waals surface area contributed by atoms with Crippen LogP contribution in [-0.2, 0) is 0 Å². The first kappa shape index (κ1) is 12.2. The van der Waals surface area contributed by atoms with Crippen LogP contribution in [0.3, 0.4) is 0 Å². The Labute approximate surface area is 83.6 Å². The Morgan fingerprint density at radius 2 is 2.33 bits per heavy atom. The summed E-state index contributed by atoms with van der Waals surface area (Å²) in [7, 11) is 0. The van der Waals surface area contributed by atoms with Gasteiger partial charge in [0.05, 0.1) is 0 Å². The Kier molecular flexibility index (Phi) is 8.02. The molecule has 0 aliphatic rings. The molecular weight excluding hydrogens is 197 g/mol. The molecule has 0 aromatic heterocycles. The number of hydrogen-bond donors (Lipinski definition) is 2. The Bertz CT molecular complexity index is 139. The van der Waals surface area contributed by atoms with Crippen molar-refractivity contribution in [3.8, 4) is 0 Å². The first-order valence-electron chi connectivity index (χ1n) is 4.03. The van der Waals surface area contributed by atoms with E-state index in [-0.39, 0.29) is 6.61 Å². The number of hydrogen-bond acceptors (Lipinski definition) is 2. The Morgan fingerprint density at radius 3 is 2.75 bits per heavy atom. The lowest BCUT2D eigenvalue weighted by atomic mass is 10.1. The van der Waals surface area contributed by atoms with Crippen molar-refractivity contribution in [2.45, 2.75) is 25.8 Å². The third-order valence-corrected chi connectivity index (χ3v) is 2.27. The lowest BCUT2D eigenvalue weighted by Gasteiger charge is -2.14. The van der Waals surface area contributed by atoms with E-state index in [2.05, 4.69) is 12.2 Å². The van der Waals surface area contributed by atoms with Crippen LogP contribution in [0.25, 0.3) is 0 Å². The van der Waals surface area contributed by atoms with Gasteiger partial charge in [0, 0.05) is 29.8 Å². The summed E-state index contributed by atoms with van der Waals surface area (Å²) in [5.41, 5.74) is 1.35. The average Bonchev–Trinajstić information content (AvgIpc) is 2.11. The van der Waals surface area contributed by atoms with Crippen LogP contribution in [0.1, 0.15) is 19.8 Å². The SMILES string of the molecule is CCC(CCO)NCC(Cl)=CCl. The molecule has 4 heteroatoms. The van der Waals surface area contributed by atoms with Crippen LogP contribution in [0.2, 0.25) is 0 Å². The van der Waals surface area contributed by atoms with Crippen LogP contribution in [0.15, 0.2) is 10.6 Å². The van der Waals surface area contributed by atoms with Crippen LogP contribution >= 0.6 is 23.2 Å².